The van der Waals surface area contributed by atoms with Crippen LogP contribution in [0.2, 0.25) is 0 Å². The van der Waals surface area contributed by atoms with Crippen LogP contribution in [-0.2, 0) is 4.79 Å². The van der Waals surface area contributed by atoms with Crippen LogP contribution < -0.4 is 14.9 Å². The summed E-state index contributed by atoms with van der Waals surface area (Å²) in [6.45, 7) is 10.5. The third-order valence-corrected chi connectivity index (χ3v) is 5.98. The zero-order chi connectivity index (χ0) is 22.0. The monoisotopic (exact) mass is 432 g/mol. The lowest BCUT2D eigenvalue weighted by molar-refractivity contribution is -0.118. The molecule has 3 aromatic rings. The van der Waals surface area contributed by atoms with Gasteiger partial charge in [-0.25, -0.2) is 4.68 Å². The van der Waals surface area contributed by atoms with Gasteiger partial charge < -0.3 is 10.1 Å². The summed E-state index contributed by atoms with van der Waals surface area (Å²) in [5, 5.41) is 9.80. The second kappa shape index (κ2) is 8.73. The van der Waals surface area contributed by atoms with E-state index in [0.717, 1.165) is 27.3 Å². The number of hydrogen-bond acceptors (Lipinski definition) is 5. The van der Waals surface area contributed by atoms with E-state index < -0.39 is 0 Å². The SMILES string of the molecule is C=CCN=c1scc(-c2ccc3c(c2)NC(=O)CO3)n1N=C(C)c1ccc(C)c(C)c1. The zero-order valence-electron chi connectivity index (χ0n) is 17.8. The molecule has 1 N–H and O–H groups in total. The Hall–Kier alpha value is -3.45. The highest BCUT2D eigenvalue weighted by atomic mass is 32.1. The second-order valence-electron chi connectivity index (χ2n) is 7.38. The quantitative estimate of drug-likeness (QED) is 0.476. The number of aromatic nitrogens is 1. The van der Waals surface area contributed by atoms with Crippen molar-refractivity contribution >= 4 is 28.6 Å². The van der Waals surface area contributed by atoms with Crippen LogP contribution in [-0.4, -0.2) is 29.4 Å². The average Bonchev–Trinajstić information content (AvgIpc) is 3.15. The van der Waals surface area contributed by atoms with E-state index in [1.807, 2.05) is 35.2 Å². The molecule has 7 heteroatoms. The van der Waals surface area contributed by atoms with Crippen molar-refractivity contribution in [3.05, 3.63) is 75.9 Å². The van der Waals surface area contributed by atoms with E-state index in [-0.39, 0.29) is 12.5 Å². The number of nitrogens with zero attached hydrogens (tertiary/aromatic N) is 3. The molecule has 2 heterocycles. The first-order chi connectivity index (χ1) is 15.0. The van der Waals surface area contributed by atoms with Gasteiger partial charge in [-0.05, 0) is 61.7 Å². The molecule has 1 aliphatic rings. The van der Waals surface area contributed by atoms with Gasteiger partial charge in [0.25, 0.3) is 5.91 Å². The van der Waals surface area contributed by atoms with E-state index >= 15 is 0 Å². The van der Waals surface area contributed by atoms with E-state index in [9.17, 15) is 4.79 Å². The molecule has 4 rings (SSSR count). The van der Waals surface area contributed by atoms with Gasteiger partial charge in [0.15, 0.2) is 6.61 Å². The van der Waals surface area contributed by atoms with E-state index in [4.69, 9.17) is 9.84 Å². The first-order valence-corrected chi connectivity index (χ1v) is 10.9. The molecule has 0 saturated heterocycles. The zero-order valence-corrected chi connectivity index (χ0v) is 18.6. The normalized spacial score (nSPS) is 14.1. The number of thiazole rings is 1. The van der Waals surface area contributed by atoms with Gasteiger partial charge in [-0.3, -0.25) is 9.79 Å². The van der Waals surface area contributed by atoms with E-state index in [2.05, 4.69) is 48.9 Å². The molecule has 0 saturated carbocycles. The standard InChI is InChI=1S/C24H24N4O2S/c1-5-10-25-24-28(27-17(4)18-7-6-15(2)16(3)11-18)21(14-31-24)19-8-9-22-20(12-19)26-23(29)13-30-22/h5-9,11-12,14H,1,10,13H2,2-4H3,(H,26,29). The predicted molar refractivity (Wildman–Crippen MR) is 126 cm³/mol. The number of amides is 1. The van der Waals surface area contributed by atoms with Crippen LogP contribution >= 0.6 is 11.3 Å². The first-order valence-electron chi connectivity index (χ1n) is 9.98. The molecule has 6 nitrogen and oxygen atoms in total. The summed E-state index contributed by atoms with van der Waals surface area (Å²) in [4.78, 5) is 17.1. The minimum atomic E-state index is -0.159. The lowest BCUT2D eigenvalue weighted by Crippen LogP contribution is -2.25. The minimum absolute atomic E-state index is 0.0365. The summed E-state index contributed by atoms with van der Waals surface area (Å²) in [6, 6.07) is 12.1. The fourth-order valence-corrected chi connectivity index (χ4v) is 4.10. The highest BCUT2D eigenvalue weighted by Crippen LogP contribution is 2.33. The van der Waals surface area contributed by atoms with Gasteiger partial charge in [0, 0.05) is 10.9 Å². The van der Waals surface area contributed by atoms with Crippen LogP contribution in [0.25, 0.3) is 11.3 Å². The largest absolute Gasteiger partial charge is 0.482 e. The molecule has 31 heavy (non-hydrogen) atoms. The molecule has 0 aliphatic carbocycles. The van der Waals surface area contributed by atoms with Crippen LogP contribution in [0, 0.1) is 13.8 Å². The number of carbonyl (C=O) groups excluding carboxylic acids is 1. The molecule has 0 unspecified atom stereocenters. The lowest BCUT2D eigenvalue weighted by Gasteiger charge is -2.18. The van der Waals surface area contributed by atoms with Crippen LogP contribution in [0.5, 0.6) is 5.75 Å². The Bertz CT molecular complexity index is 1270. The number of aryl methyl sites for hydroxylation is 2. The second-order valence-corrected chi connectivity index (χ2v) is 8.21. The lowest BCUT2D eigenvalue weighted by atomic mass is 10.0. The summed E-state index contributed by atoms with van der Waals surface area (Å²) >= 11 is 1.51. The third kappa shape index (κ3) is 4.36. The smallest absolute Gasteiger partial charge is 0.262 e. The number of carbonyl (C=O) groups is 1. The van der Waals surface area contributed by atoms with Crippen molar-refractivity contribution < 1.29 is 9.53 Å². The predicted octanol–water partition coefficient (Wildman–Crippen LogP) is 4.52. The third-order valence-electron chi connectivity index (χ3n) is 5.12. The Morgan fingerprint density at radius 2 is 2.10 bits per heavy atom. The van der Waals surface area contributed by atoms with Gasteiger partial charge in [0.1, 0.15) is 5.75 Å². The Kier molecular flexibility index (Phi) is 5.86. The molecule has 1 aromatic heterocycles. The highest BCUT2D eigenvalue weighted by Gasteiger charge is 2.18. The van der Waals surface area contributed by atoms with E-state index in [1.54, 1.807) is 6.08 Å². The van der Waals surface area contributed by atoms with Crippen LogP contribution in [0.3, 0.4) is 0 Å². The number of ether oxygens (including phenoxy) is 1. The Labute approximate surface area is 185 Å². The van der Waals surface area contributed by atoms with Crippen LogP contribution in [0.15, 0.2) is 64.5 Å². The van der Waals surface area contributed by atoms with Crippen molar-refractivity contribution in [3.8, 4) is 17.0 Å². The summed E-state index contributed by atoms with van der Waals surface area (Å²) < 4.78 is 7.34. The molecule has 2 aromatic carbocycles. The summed E-state index contributed by atoms with van der Waals surface area (Å²) in [7, 11) is 0. The number of anilines is 1. The minimum Gasteiger partial charge on any atom is -0.482 e. The Morgan fingerprint density at radius 1 is 1.26 bits per heavy atom. The maximum absolute atomic E-state index is 11.7. The number of rotatable bonds is 5. The van der Waals surface area contributed by atoms with Gasteiger partial charge in [0.2, 0.25) is 4.80 Å². The Balaban J connectivity index is 1.82. The number of fused-ring (bicyclic) bond motifs is 1. The van der Waals surface area contributed by atoms with Crippen molar-refractivity contribution in [2.24, 2.45) is 10.1 Å². The highest BCUT2D eigenvalue weighted by molar-refractivity contribution is 7.07. The summed E-state index contributed by atoms with van der Waals surface area (Å²) in [5.74, 6) is 0.504. The first kappa shape index (κ1) is 20.8. The van der Waals surface area contributed by atoms with Crippen molar-refractivity contribution in [3.63, 3.8) is 0 Å². The van der Waals surface area contributed by atoms with Gasteiger partial charge in [-0.2, -0.15) is 5.10 Å². The summed E-state index contributed by atoms with van der Waals surface area (Å²) in [6.07, 6.45) is 1.76. The number of benzene rings is 2. The number of hydrogen-bond donors (Lipinski definition) is 1. The van der Waals surface area contributed by atoms with Crippen molar-refractivity contribution in [2.75, 3.05) is 18.5 Å². The number of nitrogens with one attached hydrogen (secondary N) is 1. The van der Waals surface area contributed by atoms with Gasteiger partial charge in [0.05, 0.1) is 23.6 Å². The molecule has 0 fully saturated rings. The maximum atomic E-state index is 11.7. The molecular formula is C24H24N4O2S. The Morgan fingerprint density at radius 3 is 2.87 bits per heavy atom. The van der Waals surface area contributed by atoms with E-state index in [0.29, 0.717) is 18.0 Å². The molecule has 1 aliphatic heterocycles. The molecule has 1 amide bonds. The van der Waals surface area contributed by atoms with Gasteiger partial charge in [-0.1, -0.05) is 18.2 Å². The van der Waals surface area contributed by atoms with Crippen LogP contribution in [0.4, 0.5) is 5.69 Å². The molecule has 0 atom stereocenters. The molecular weight excluding hydrogens is 408 g/mol. The fourth-order valence-electron chi connectivity index (χ4n) is 3.26. The maximum Gasteiger partial charge on any atom is 0.262 e. The van der Waals surface area contributed by atoms with Crippen LogP contribution in [0.1, 0.15) is 23.6 Å². The van der Waals surface area contributed by atoms with Crippen molar-refractivity contribution in [2.45, 2.75) is 20.8 Å². The topological polar surface area (TPSA) is 68.0 Å². The summed E-state index contributed by atoms with van der Waals surface area (Å²) in [5.41, 5.74) is 6.89. The average molecular weight is 433 g/mol. The van der Waals surface area contributed by atoms with E-state index in [1.165, 1.54) is 22.5 Å². The van der Waals surface area contributed by atoms with Crippen molar-refractivity contribution in [1.82, 2.24) is 4.68 Å². The molecule has 158 valence electrons. The van der Waals surface area contributed by atoms with Crippen molar-refractivity contribution in [1.29, 1.82) is 0 Å². The molecule has 0 radical (unpaired) electrons. The fraction of sp³-hybridized carbons (Fsp3) is 0.208. The van der Waals surface area contributed by atoms with Gasteiger partial charge in [-0.15, -0.1) is 17.9 Å². The molecule has 0 spiro atoms. The molecule has 0 bridgehead atoms. The van der Waals surface area contributed by atoms with Gasteiger partial charge >= 0.3 is 0 Å².